The molecule has 4 rings (SSSR count). The van der Waals surface area contributed by atoms with Gasteiger partial charge in [0.05, 0.1) is 6.54 Å². The average Bonchev–Trinajstić information content (AvgIpc) is 3.50. The van der Waals surface area contributed by atoms with Gasteiger partial charge in [0.2, 0.25) is 5.91 Å². The first-order chi connectivity index (χ1) is 16.9. The second-order valence-corrected chi connectivity index (χ2v) is 9.88. The molecule has 0 aromatic heterocycles. The van der Waals surface area contributed by atoms with Crippen molar-refractivity contribution < 1.29 is 14.4 Å². The Labute approximate surface area is 210 Å². The second kappa shape index (κ2) is 11.2. The number of nitrogens with one attached hydrogen (secondary N) is 1. The third kappa shape index (κ3) is 6.31. The fourth-order valence-corrected chi connectivity index (χ4v) is 5.15. The van der Waals surface area contributed by atoms with Gasteiger partial charge in [-0.15, -0.1) is 6.42 Å². The number of likely N-dealkylation sites (tertiary alicyclic amines) is 1. The van der Waals surface area contributed by atoms with Crippen LogP contribution in [-0.2, 0) is 16.1 Å². The smallest absolute Gasteiger partial charge is 0.262 e. The molecule has 2 heterocycles. The largest absolute Gasteiger partial charge is 0.351 e. The van der Waals surface area contributed by atoms with Crippen molar-refractivity contribution in [2.75, 3.05) is 25.0 Å². The first kappa shape index (κ1) is 24.6. The van der Waals surface area contributed by atoms with Gasteiger partial charge in [-0.3, -0.25) is 14.4 Å². The van der Waals surface area contributed by atoms with E-state index in [4.69, 9.17) is 6.42 Å². The molecule has 0 spiro atoms. The molecule has 1 saturated heterocycles. The summed E-state index contributed by atoms with van der Waals surface area (Å²) in [5.41, 5.74) is 3.19. The van der Waals surface area contributed by atoms with Gasteiger partial charge < -0.3 is 15.1 Å². The van der Waals surface area contributed by atoms with Gasteiger partial charge in [0.1, 0.15) is 5.25 Å². The van der Waals surface area contributed by atoms with Crippen LogP contribution in [-0.4, -0.2) is 57.6 Å². The number of thioether (sulfide) groups is 1. The summed E-state index contributed by atoms with van der Waals surface area (Å²) in [4.78, 5) is 45.7. The number of terminal acetylenes is 1. The molecule has 180 valence electrons. The van der Waals surface area contributed by atoms with E-state index in [1.54, 1.807) is 29.2 Å². The Kier molecular flexibility index (Phi) is 7.88. The lowest BCUT2D eigenvalue weighted by atomic mass is 10.1. The normalized spacial score (nSPS) is 17.1. The number of rotatable bonds is 7. The lowest BCUT2D eigenvalue weighted by Crippen LogP contribution is -2.31. The minimum atomic E-state index is -0.495. The molecular weight excluding hydrogens is 460 g/mol. The molecule has 2 aliphatic rings. The van der Waals surface area contributed by atoms with E-state index in [-0.39, 0.29) is 30.7 Å². The number of hydrogen-bond donors (Lipinski definition) is 1. The SMILES string of the molecule is C#CCN(Cc1ccc(C)cc1)C(=O)c1ccc(NC(=O)CC2SC(N3CCCC3)=NC2=O)cc1. The minimum absolute atomic E-state index is 0.0531. The molecule has 2 aliphatic heterocycles. The molecule has 7 nitrogen and oxygen atoms in total. The van der Waals surface area contributed by atoms with Crippen molar-refractivity contribution in [3.05, 3.63) is 65.2 Å². The van der Waals surface area contributed by atoms with Gasteiger partial charge in [0.25, 0.3) is 11.8 Å². The molecule has 3 amide bonds. The molecule has 0 bridgehead atoms. The van der Waals surface area contributed by atoms with E-state index < -0.39 is 5.25 Å². The predicted octanol–water partition coefficient (Wildman–Crippen LogP) is 3.69. The van der Waals surface area contributed by atoms with Crippen LogP contribution in [0.5, 0.6) is 0 Å². The molecule has 1 atom stereocenters. The standard InChI is InChI=1S/C27H28N4O3S/c1-3-14-31(18-20-8-6-19(2)7-9-20)26(34)21-10-12-22(13-11-21)28-24(32)17-23-25(33)29-27(35-23)30-15-4-5-16-30/h1,6-13,23H,4-5,14-18H2,2H3,(H,28,32). The van der Waals surface area contributed by atoms with E-state index >= 15 is 0 Å². The van der Waals surface area contributed by atoms with Crippen LogP contribution in [0.4, 0.5) is 5.69 Å². The molecule has 1 unspecified atom stereocenters. The maximum Gasteiger partial charge on any atom is 0.262 e. The summed E-state index contributed by atoms with van der Waals surface area (Å²) in [7, 11) is 0. The van der Waals surface area contributed by atoms with Crippen molar-refractivity contribution in [2.45, 2.75) is 38.0 Å². The lowest BCUT2D eigenvalue weighted by Gasteiger charge is -2.21. The van der Waals surface area contributed by atoms with Crippen LogP contribution in [0, 0.1) is 19.3 Å². The molecule has 0 radical (unpaired) electrons. The summed E-state index contributed by atoms with van der Waals surface area (Å²) in [6.07, 6.45) is 7.75. The molecule has 35 heavy (non-hydrogen) atoms. The summed E-state index contributed by atoms with van der Waals surface area (Å²) in [5.74, 6) is 1.86. The number of carbonyl (C=O) groups is 3. The van der Waals surface area contributed by atoms with E-state index in [0.29, 0.717) is 17.8 Å². The predicted molar refractivity (Wildman–Crippen MR) is 139 cm³/mol. The number of anilines is 1. The van der Waals surface area contributed by atoms with Crippen molar-refractivity contribution in [3.8, 4) is 12.3 Å². The zero-order valence-corrected chi connectivity index (χ0v) is 20.5. The highest BCUT2D eigenvalue weighted by Crippen LogP contribution is 2.29. The third-order valence-corrected chi connectivity index (χ3v) is 7.17. The van der Waals surface area contributed by atoms with E-state index in [1.165, 1.54) is 11.8 Å². The Hall–Kier alpha value is -3.57. The average molecular weight is 489 g/mol. The first-order valence-corrected chi connectivity index (χ1v) is 12.5. The monoisotopic (exact) mass is 488 g/mol. The summed E-state index contributed by atoms with van der Waals surface area (Å²) < 4.78 is 0. The zero-order valence-electron chi connectivity index (χ0n) is 19.7. The molecule has 8 heteroatoms. The highest BCUT2D eigenvalue weighted by atomic mass is 32.2. The van der Waals surface area contributed by atoms with Gasteiger partial charge in [-0.25, -0.2) is 0 Å². The van der Waals surface area contributed by atoms with Gasteiger partial charge in [0.15, 0.2) is 5.17 Å². The van der Waals surface area contributed by atoms with Crippen molar-refractivity contribution in [1.29, 1.82) is 0 Å². The van der Waals surface area contributed by atoms with Crippen molar-refractivity contribution in [3.63, 3.8) is 0 Å². The number of hydrogen-bond acceptors (Lipinski definition) is 5. The highest BCUT2D eigenvalue weighted by Gasteiger charge is 2.33. The molecular formula is C27H28N4O3S. The molecule has 1 N–H and O–H groups in total. The van der Waals surface area contributed by atoms with Crippen LogP contribution >= 0.6 is 11.8 Å². The Morgan fingerprint density at radius 2 is 1.83 bits per heavy atom. The molecule has 0 aliphatic carbocycles. The number of amidine groups is 1. The Morgan fingerprint density at radius 1 is 1.14 bits per heavy atom. The maximum atomic E-state index is 13.0. The number of carbonyl (C=O) groups excluding carboxylic acids is 3. The lowest BCUT2D eigenvalue weighted by molar-refractivity contribution is -0.121. The Morgan fingerprint density at radius 3 is 2.49 bits per heavy atom. The topological polar surface area (TPSA) is 82.1 Å². The Bertz CT molecular complexity index is 1160. The van der Waals surface area contributed by atoms with Gasteiger partial charge >= 0.3 is 0 Å². The number of amides is 3. The maximum absolute atomic E-state index is 13.0. The first-order valence-electron chi connectivity index (χ1n) is 11.7. The quantitative estimate of drug-likeness (QED) is 0.601. The van der Waals surface area contributed by atoms with Crippen LogP contribution in [0.2, 0.25) is 0 Å². The molecule has 2 aromatic carbocycles. The van der Waals surface area contributed by atoms with Crippen LogP contribution in [0.15, 0.2) is 53.5 Å². The van der Waals surface area contributed by atoms with Gasteiger partial charge in [0, 0.05) is 37.3 Å². The van der Waals surface area contributed by atoms with Crippen LogP contribution < -0.4 is 5.32 Å². The molecule has 2 aromatic rings. The fourth-order valence-electron chi connectivity index (χ4n) is 4.04. The number of nitrogens with zero attached hydrogens (tertiary/aromatic N) is 3. The minimum Gasteiger partial charge on any atom is -0.351 e. The summed E-state index contributed by atoms with van der Waals surface area (Å²) in [5, 5.41) is 3.05. The number of aryl methyl sites for hydroxylation is 1. The zero-order chi connectivity index (χ0) is 24.8. The second-order valence-electron chi connectivity index (χ2n) is 8.71. The van der Waals surface area contributed by atoms with Gasteiger partial charge in [-0.05, 0) is 49.6 Å². The number of benzene rings is 2. The summed E-state index contributed by atoms with van der Waals surface area (Å²) in [6, 6.07) is 14.7. The van der Waals surface area contributed by atoms with Crippen molar-refractivity contribution in [1.82, 2.24) is 9.80 Å². The van der Waals surface area contributed by atoms with E-state index in [0.717, 1.165) is 42.2 Å². The van der Waals surface area contributed by atoms with Crippen molar-refractivity contribution >= 4 is 40.3 Å². The highest BCUT2D eigenvalue weighted by molar-refractivity contribution is 8.15. The van der Waals surface area contributed by atoms with E-state index in [9.17, 15) is 14.4 Å². The van der Waals surface area contributed by atoms with Gasteiger partial charge in [-0.1, -0.05) is 47.5 Å². The summed E-state index contributed by atoms with van der Waals surface area (Å²) in [6.45, 7) is 4.44. The van der Waals surface area contributed by atoms with Crippen LogP contribution in [0.3, 0.4) is 0 Å². The van der Waals surface area contributed by atoms with Crippen molar-refractivity contribution in [2.24, 2.45) is 4.99 Å². The van der Waals surface area contributed by atoms with Crippen LogP contribution in [0.25, 0.3) is 0 Å². The third-order valence-electron chi connectivity index (χ3n) is 5.96. The fraction of sp³-hybridized carbons (Fsp3) is 0.333. The molecule has 1 fully saturated rings. The van der Waals surface area contributed by atoms with E-state index in [2.05, 4.69) is 21.1 Å². The number of aliphatic imine (C=N–C) groups is 1. The van der Waals surface area contributed by atoms with E-state index in [1.807, 2.05) is 31.2 Å². The Balaban J connectivity index is 1.32. The van der Waals surface area contributed by atoms with Crippen LogP contribution in [0.1, 0.15) is 40.7 Å². The van der Waals surface area contributed by atoms with Gasteiger partial charge in [-0.2, -0.15) is 4.99 Å². The molecule has 0 saturated carbocycles. The summed E-state index contributed by atoms with van der Waals surface area (Å²) >= 11 is 1.37.